The summed E-state index contributed by atoms with van der Waals surface area (Å²) in [6, 6.07) is 12.5. The minimum Gasteiger partial charge on any atom is -0.303 e. The van der Waals surface area contributed by atoms with Gasteiger partial charge in [0.2, 0.25) is 0 Å². The highest BCUT2D eigenvalue weighted by Crippen LogP contribution is 2.35. The van der Waals surface area contributed by atoms with Crippen molar-refractivity contribution in [3.63, 3.8) is 0 Å². The predicted molar refractivity (Wildman–Crippen MR) is 120 cm³/mol. The lowest BCUT2D eigenvalue weighted by Crippen LogP contribution is -2.19. The Balaban J connectivity index is 1.57. The predicted octanol–water partition coefficient (Wildman–Crippen LogP) is 6.11. The first-order valence-electron chi connectivity index (χ1n) is 10.4. The van der Waals surface area contributed by atoms with E-state index in [4.69, 9.17) is 0 Å². The normalized spacial score (nSPS) is 16.1. The summed E-state index contributed by atoms with van der Waals surface area (Å²) in [6.45, 7) is 4.01. The largest absolute Gasteiger partial charge is 0.303 e. The Kier molecular flexibility index (Phi) is 6.50. The summed E-state index contributed by atoms with van der Waals surface area (Å²) in [7, 11) is 0. The van der Waals surface area contributed by atoms with E-state index in [0.29, 0.717) is 6.04 Å². The van der Waals surface area contributed by atoms with Crippen molar-refractivity contribution in [2.45, 2.75) is 68.8 Å². The van der Waals surface area contributed by atoms with Crippen molar-refractivity contribution in [2.75, 3.05) is 0 Å². The third-order valence-electron chi connectivity index (χ3n) is 5.57. The molecule has 4 nitrogen and oxygen atoms in total. The maximum Gasteiger partial charge on any atom is 0.192 e. The first-order valence-corrected chi connectivity index (χ1v) is 12.1. The second kappa shape index (κ2) is 9.26. The van der Waals surface area contributed by atoms with Crippen molar-refractivity contribution in [1.29, 1.82) is 0 Å². The highest BCUT2D eigenvalue weighted by atomic mass is 32.2. The van der Waals surface area contributed by atoms with Gasteiger partial charge in [-0.05, 0) is 38.1 Å². The number of thiophene rings is 1. The molecule has 1 aliphatic rings. The van der Waals surface area contributed by atoms with Gasteiger partial charge in [0, 0.05) is 22.9 Å². The second-order valence-corrected chi connectivity index (χ2v) is 10.1. The summed E-state index contributed by atoms with van der Waals surface area (Å²) < 4.78 is 2.34. The molecule has 2 heterocycles. The van der Waals surface area contributed by atoms with Crippen molar-refractivity contribution >= 4 is 28.9 Å². The zero-order chi connectivity index (χ0) is 20.2. The van der Waals surface area contributed by atoms with Gasteiger partial charge in [0.05, 0.1) is 5.25 Å². The van der Waals surface area contributed by atoms with Crippen LogP contribution in [0.15, 0.2) is 46.9 Å². The fourth-order valence-electron chi connectivity index (χ4n) is 3.95. The molecule has 0 unspecified atom stereocenters. The lowest BCUT2D eigenvalue weighted by molar-refractivity contribution is 0.0993. The van der Waals surface area contributed by atoms with Crippen LogP contribution in [0.3, 0.4) is 0 Å². The van der Waals surface area contributed by atoms with Crippen LogP contribution in [0.25, 0.3) is 0 Å². The van der Waals surface area contributed by atoms with E-state index in [0.717, 1.165) is 28.5 Å². The van der Waals surface area contributed by atoms with Crippen molar-refractivity contribution in [2.24, 2.45) is 0 Å². The zero-order valence-corrected chi connectivity index (χ0v) is 18.6. The molecule has 152 valence electrons. The molecule has 0 saturated heterocycles. The van der Waals surface area contributed by atoms with E-state index in [-0.39, 0.29) is 11.0 Å². The summed E-state index contributed by atoms with van der Waals surface area (Å²) >= 11 is 3.31. The van der Waals surface area contributed by atoms with Crippen molar-refractivity contribution in [1.82, 2.24) is 14.8 Å². The van der Waals surface area contributed by atoms with Crippen LogP contribution in [-0.4, -0.2) is 25.8 Å². The molecule has 1 fully saturated rings. The van der Waals surface area contributed by atoms with E-state index in [2.05, 4.69) is 32.3 Å². The maximum absolute atomic E-state index is 12.9. The van der Waals surface area contributed by atoms with Crippen LogP contribution in [0.2, 0.25) is 0 Å². The lowest BCUT2D eigenvalue weighted by atomic mass is 9.95. The third kappa shape index (κ3) is 4.81. The van der Waals surface area contributed by atoms with E-state index in [1.807, 2.05) is 38.1 Å². The Morgan fingerprint density at radius 1 is 1.17 bits per heavy atom. The Morgan fingerprint density at radius 2 is 1.93 bits per heavy atom. The molecule has 0 N–H and O–H groups in total. The minimum atomic E-state index is -0.196. The number of hydrogen-bond acceptors (Lipinski definition) is 5. The average Bonchev–Trinajstić information content (AvgIpc) is 3.39. The van der Waals surface area contributed by atoms with Crippen LogP contribution in [0.5, 0.6) is 0 Å². The van der Waals surface area contributed by atoms with Gasteiger partial charge < -0.3 is 4.57 Å². The molecule has 3 aromatic rings. The fourth-order valence-corrected chi connectivity index (χ4v) is 5.66. The molecular formula is C23H27N3OS2. The van der Waals surface area contributed by atoms with Crippen LogP contribution in [0, 0.1) is 6.92 Å². The van der Waals surface area contributed by atoms with E-state index in [1.54, 1.807) is 23.1 Å². The first-order chi connectivity index (χ1) is 14.1. The van der Waals surface area contributed by atoms with Crippen LogP contribution >= 0.6 is 23.1 Å². The molecule has 1 aromatic carbocycles. The number of rotatable bonds is 7. The maximum atomic E-state index is 12.9. The second-order valence-electron chi connectivity index (χ2n) is 7.81. The standard InChI is InChI=1S/C23H27N3OS2/c1-16-10-12-18(13-11-16)22(27)17(2)29-23-25-24-21(15-20-9-6-14-28-20)26(23)19-7-4-3-5-8-19/h6,9-14,17,19H,3-5,7-8,15H2,1-2H3/t17-/m0/s1. The molecule has 0 aliphatic heterocycles. The number of aromatic nitrogens is 3. The van der Waals surface area contributed by atoms with Gasteiger partial charge in [-0.15, -0.1) is 21.5 Å². The summed E-state index contributed by atoms with van der Waals surface area (Å²) in [5.41, 5.74) is 1.93. The van der Waals surface area contributed by atoms with Crippen LogP contribution in [0.1, 0.15) is 71.7 Å². The third-order valence-corrected chi connectivity index (χ3v) is 7.51. The number of Topliss-reactive ketones (excluding diaryl/α,β-unsaturated/α-hetero) is 1. The Hall–Kier alpha value is -1.92. The SMILES string of the molecule is Cc1ccc(C(=O)[C@H](C)Sc2nnc(Cc3cccs3)n2C2CCCCC2)cc1. The molecule has 0 bridgehead atoms. The Labute approximate surface area is 180 Å². The summed E-state index contributed by atoms with van der Waals surface area (Å²) in [5, 5.41) is 11.9. The van der Waals surface area contributed by atoms with E-state index < -0.39 is 0 Å². The van der Waals surface area contributed by atoms with Gasteiger partial charge in [-0.1, -0.05) is 66.9 Å². The molecule has 0 radical (unpaired) electrons. The molecule has 6 heteroatoms. The highest BCUT2D eigenvalue weighted by Gasteiger charge is 2.26. The van der Waals surface area contributed by atoms with Gasteiger partial charge in [0.25, 0.3) is 0 Å². The summed E-state index contributed by atoms with van der Waals surface area (Å²) in [4.78, 5) is 14.2. The number of benzene rings is 1. The van der Waals surface area contributed by atoms with Crippen LogP contribution in [-0.2, 0) is 6.42 Å². The van der Waals surface area contributed by atoms with Gasteiger partial charge in [-0.25, -0.2) is 0 Å². The quantitative estimate of drug-likeness (QED) is 0.338. The van der Waals surface area contributed by atoms with Gasteiger partial charge >= 0.3 is 0 Å². The highest BCUT2D eigenvalue weighted by molar-refractivity contribution is 8.00. The van der Waals surface area contributed by atoms with Gasteiger partial charge in [-0.3, -0.25) is 4.79 Å². The Bertz CT molecular complexity index is 941. The fraction of sp³-hybridized carbons (Fsp3) is 0.435. The molecule has 2 aromatic heterocycles. The molecule has 29 heavy (non-hydrogen) atoms. The van der Waals surface area contributed by atoms with Gasteiger partial charge in [0.1, 0.15) is 5.82 Å². The lowest BCUT2D eigenvalue weighted by Gasteiger charge is -2.26. The molecule has 1 saturated carbocycles. The molecule has 4 rings (SSSR count). The monoisotopic (exact) mass is 425 g/mol. The summed E-state index contributed by atoms with van der Waals surface area (Å²) in [5.74, 6) is 1.17. The molecule has 1 aliphatic carbocycles. The smallest absolute Gasteiger partial charge is 0.192 e. The number of thioether (sulfide) groups is 1. The number of aryl methyl sites for hydroxylation is 1. The van der Waals surface area contributed by atoms with Crippen molar-refractivity contribution in [3.05, 3.63) is 63.6 Å². The van der Waals surface area contributed by atoms with E-state index in [1.165, 1.54) is 37.0 Å². The topological polar surface area (TPSA) is 47.8 Å². The zero-order valence-electron chi connectivity index (χ0n) is 17.0. The molecule has 1 atom stereocenters. The number of carbonyl (C=O) groups excluding carboxylic acids is 1. The van der Waals surface area contributed by atoms with Crippen molar-refractivity contribution < 1.29 is 4.79 Å². The summed E-state index contributed by atoms with van der Waals surface area (Å²) in [6.07, 6.45) is 6.96. The number of nitrogens with zero attached hydrogens (tertiary/aromatic N) is 3. The van der Waals surface area contributed by atoms with E-state index >= 15 is 0 Å². The molecule has 0 amide bonds. The van der Waals surface area contributed by atoms with Gasteiger partial charge in [-0.2, -0.15) is 0 Å². The van der Waals surface area contributed by atoms with Crippen LogP contribution in [0.4, 0.5) is 0 Å². The van der Waals surface area contributed by atoms with Crippen LogP contribution < -0.4 is 0 Å². The molecular weight excluding hydrogens is 398 g/mol. The number of hydrogen-bond donors (Lipinski definition) is 0. The van der Waals surface area contributed by atoms with E-state index in [9.17, 15) is 4.79 Å². The Morgan fingerprint density at radius 3 is 2.62 bits per heavy atom. The molecule has 0 spiro atoms. The van der Waals surface area contributed by atoms with Crippen molar-refractivity contribution in [3.8, 4) is 0 Å². The number of carbonyl (C=O) groups is 1. The van der Waals surface area contributed by atoms with Gasteiger partial charge in [0.15, 0.2) is 10.9 Å². The number of ketones is 1. The first kappa shape index (κ1) is 20.4. The minimum absolute atomic E-state index is 0.146. The average molecular weight is 426 g/mol.